The summed E-state index contributed by atoms with van der Waals surface area (Å²) in [6.07, 6.45) is -0.247. The van der Waals surface area contributed by atoms with Gasteiger partial charge in [-0.15, -0.1) is 0 Å². The van der Waals surface area contributed by atoms with Gasteiger partial charge >= 0.3 is 0 Å². The van der Waals surface area contributed by atoms with Crippen LogP contribution in [0.2, 0.25) is 0 Å². The highest BCUT2D eigenvalue weighted by molar-refractivity contribution is 6.18. The monoisotopic (exact) mass is 680 g/mol. The zero-order valence-corrected chi connectivity index (χ0v) is 28.7. The maximum absolute atomic E-state index is 6.71. The van der Waals surface area contributed by atoms with Gasteiger partial charge in [-0.3, -0.25) is 0 Å². The molecule has 1 aliphatic heterocycles. The van der Waals surface area contributed by atoms with Crippen LogP contribution in [-0.4, -0.2) is 0 Å². The second-order valence-corrected chi connectivity index (χ2v) is 13.8. The van der Waals surface area contributed by atoms with Gasteiger partial charge in [0.25, 0.3) is 0 Å². The molecule has 0 saturated carbocycles. The zero-order chi connectivity index (χ0) is 34.9. The van der Waals surface area contributed by atoms with Crippen molar-refractivity contribution in [3.63, 3.8) is 0 Å². The maximum atomic E-state index is 6.71. The molecule has 0 fully saturated rings. The van der Waals surface area contributed by atoms with E-state index in [2.05, 4.69) is 174 Å². The van der Waals surface area contributed by atoms with Crippen LogP contribution in [0, 0.1) is 0 Å². The number of hydrogen-bond donors (Lipinski definition) is 1. The number of ether oxygens (including phenoxy) is 1. The third-order valence-electron chi connectivity index (χ3n) is 10.7. The van der Waals surface area contributed by atoms with Gasteiger partial charge in [0.15, 0.2) is 12.0 Å². The van der Waals surface area contributed by atoms with E-state index in [1.165, 1.54) is 26.9 Å². The summed E-state index contributed by atoms with van der Waals surface area (Å²) in [5, 5.41) is 13.0. The van der Waals surface area contributed by atoms with Crippen LogP contribution in [0.5, 0.6) is 5.75 Å². The first-order valence-corrected chi connectivity index (χ1v) is 18.0. The Morgan fingerprint density at radius 1 is 0.415 bits per heavy atom. The second-order valence-electron chi connectivity index (χ2n) is 13.8. The van der Waals surface area contributed by atoms with E-state index in [1.54, 1.807) is 0 Å². The highest BCUT2D eigenvalue weighted by Crippen LogP contribution is 2.49. The average Bonchev–Trinajstić information content (AvgIpc) is 3.84. The first-order valence-electron chi connectivity index (χ1n) is 18.0. The molecule has 2 heterocycles. The Bertz CT molecular complexity index is 3020. The summed E-state index contributed by atoms with van der Waals surface area (Å²) in [4.78, 5) is 2.31. The van der Waals surface area contributed by atoms with E-state index in [0.29, 0.717) is 0 Å². The van der Waals surface area contributed by atoms with Gasteiger partial charge in [-0.25, -0.2) is 0 Å². The number of hydrogen-bond acceptors (Lipinski definition) is 4. The van der Waals surface area contributed by atoms with E-state index >= 15 is 0 Å². The lowest BCUT2D eigenvalue weighted by atomic mass is 9.95. The Kier molecular flexibility index (Phi) is 6.58. The molecule has 250 valence electrons. The third-order valence-corrected chi connectivity index (χ3v) is 10.7. The van der Waals surface area contributed by atoms with Crippen molar-refractivity contribution in [2.75, 3.05) is 10.2 Å². The van der Waals surface area contributed by atoms with Crippen molar-refractivity contribution in [2.24, 2.45) is 0 Å². The summed E-state index contributed by atoms with van der Waals surface area (Å²) in [5.74, 6) is 0.898. The minimum absolute atomic E-state index is 0.247. The van der Waals surface area contributed by atoms with Crippen LogP contribution in [-0.2, 0) is 0 Å². The van der Waals surface area contributed by atoms with Crippen LogP contribution in [0.3, 0.4) is 0 Å². The Morgan fingerprint density at radius 3 is 1.91 bits per heavy atom. The van der Waals surface area contributed by atoms with Crippen molar-refractivity contribution < 1.29 is 9.15 Å². The number of nitrogens with zero attached hydrogens (tertiary/aromatic N) is 1. The molecule has 1 atom stereocenters. The number of para-hydroxylation sites is 1. The minimum atomic E-state index is -0.247. The molecule has 1 aliphatic rings. The summed E-state index contributed by atoms with van der Waals surface area (Å²) in [6, 6.07) is 64.5. The van der Waals surface area contributed by atoms with Crippen molar-refractivity contribution in [2.45, 2.75) is 6.23 Å². The number of anilines is 4. The quantitative estimate of drug-likeness (QED) is 0.184. The molecule has 1 N–H and O–H groups in total. The van der Waals surface area contributed by atoms with Gasteiger partial charge in [0.05, 0.1) is 5.69 Å². The molecular weight excluding hydrogens is 649 g/mol. The SMILES string of the molecule is c1ccc(C2Nc3c(c4cc(-c5ccc(N(c6ccc7ccccc7c6)c6ccc7c(c6)oc6ccccc67)cc5)ccc4c4ccccc34)O2)cc1. The van der Waals surface area contributed by atoms with E-state index in [4.69, 9.17) is 9.15 Å². The molecule has 0 radical (unpaired) electrons. The van der Waals surface area contributed by atoms with Crippen molar-refractivity contribution in [1.29, 1.82) is 0 Å². The Hall–Kier alpha value is -7.04. The van der Waals surface area contributed by atoms with E-state index in [1.807, 2.05) is 18.2 Å². The van der Waals surface area contributed by atoms with Crippen molar-refractivity contribution in [3.05, 3.63) is 188 Å². The van der Waals surface area contributed by atoms with Crippen LogP contribution in [0.15, 0.2) is 186 Å². The lowest BCUT2D eigenvalue weighted by Crippen LogP contribution is -2.09. The van der Waals surface area contributed by atoms with Crippen LogP contribution >= 0.6 is 0 Å². The van der Waals surface area contributed by atoms with Crippen LogP contribution in [0.25, 0.3) is 65.4 Å². The molecule has 0 aliphatic carbocycles. The highest BCUT2D eigenvalue weighted by Gasteiger charge is 2.28. The number of furan rings is 1. The fourth-order valence-corrected chi connectivity index (χ4v) is 8.08. The molecule has 0 spiro atoms. The fourth-order valence-electron chi connectivity index (χ4n) is 8.08. The molecule has 53 heavy (non-hydrogen) atoms. The van der Waals surface area contributed by atoms with Gasteiger partial charge in [-0.05, 0) is 81.2 Å². The van der Waals surface area contributed by atoms with Gasteiger partial charge in [-0.2, -0.15) is 0 Å². The lowest BCUT2D eigenvalue weighted by molar-refractivity contribution is 0.262. The average molecular weight is 681 g/mol. The molecule has 10 aromatic rings. The van der Waals surface area contributed by atoms with Crippen LogP contribution in [0.4, 0.5) is 22.7 Å². The van der Waals surface area contributed by atoms with E-state index in [0.717, 1.165) is 72.5 Å². The first kappa shape index (κ1) is 29.7. The van der Waals surface area contributed by atoms with E-state index in [9.17, 15) is 0 Å². The normalized spacial score (nSPS) is 13.8. The molecule has 4 nitrogen and oxygen atoms in total. The van der Waals surface area contributed by atoms with E-state index in [-0.39, 0.29) is 6.23 Å². The third kappa shape index (κ3) is 4.84. The molecule has 0 amide bonds. The first-order chi connectivity index (χ1) is 26.2. The number of fused-ring (bicyclic) bond motifs is 10. The predicted octanol–water partition coefficient (Wildman–Crippen LogP) is 13.7. The number of nitrogens with one attached hydrogen (secondary N) is 1. The summed E-state index contributed by atoms with van der Waals surface area (Å²) >= 11 is 0. The fraction of sp³-hybridized carbons (Fsp3) is 0.0204. The number of rotatable bonds is 5. The molecule has 0 bridgehead atoms. The summed E-state index contributed by atoms with van der Waals surface area (Å²) < 4.78 is 13.1. The summed E-state index contributed by atoms with van der Waals surface area (Å²) in [5.41, 5.74) is 9.35. The van der Waals surface area contributed by atoms with E-state index < -0.39 is 0 Å². The zero-order valence-electron chi connectivity index (χ0n) is 28.7. The summed E-state index contributed by atoms with van der Waals surface area (Å²) in [6.45, 7) is 0. The van der Waals surface area contributed by atoms with Crippen LogP contribution < -0.4 is 15.0 Å². The lowest BCUT2D eigenvalue weighted by Gasteiger charge is -2.26. The summed E-state index contributed by atoms with van der Waals surface area (Å²) in [7, 11) is 0. The molecule has 1 unspecified atom stereocenters. The molecule has 4 heteroatoms. The van der Waals surface area contributed by atoms with Crippen molar-refractivity contribution in [3.8, 4) is 16.9 Å². The molecule has 11 rings (SSSR count). The van der Waals surface area contributed by atoms with Gasteiger partial charge in [0.2, 0.25) is 0 Å². The Morgan fingerprint density at radius 2 is 1.04 bits per heavy atom. The molecule has 1 aromatic heterocycles. The second kappa shape index (κ2) is 11.8. The Labute approximate surface area is 306 Å². The topological polar surface area (TPSA) is 37.6 Å². The van der Waals surface area contributed by atoms with Crippen molar-refractivity contribution in [1.82, 2.24) is 0 Å². The smallest absolute Gasteiger partial charge is 0.196 e. The standard InChI is InChI=1S/C49H32N2O2/c1-2-11-33(12-3-1)49-50-47-43-16-7-6-14-39(43)40-26-21-35(29-44(40)48(47)53-49)32-18-22-36(23-19-32)51(37-24-20-31-10-4-5-13-34(31)28-37)38-25-27-42-41-15-8-9-17-45(41)52-46(42)30-38/h1-30,49-50H. The Balaban J connectivity index is 1.02. The van der Waals surface area contributed by atoms with Crippen LogP contribution in [0.1, 0.15) is 11.8 Å². The largest absolute Gasteiger partial charge is 0.464 e. The highest BCUT2D eigenvalue weighted by atomic mass is 16.5. The molecule has 9 aromatic carbocycles. The maximum Gasteiger partial charge on any atom is 0.196 e. The van der Waals surface area contributed by atoms with Gasteiger partial charge < -0.3 is 19.4 Å². The van der Waals surface area contributed by atoms with Gasteiger partial charge in [0, 0.05) is 50.2 Å². The minimum Gasteiger partial charge on any atom is -0.464 e. The van der Waals surface area contributed by atoms with Crippen molar-refractivity contribution >= 4 is 77.0 Å². The predicted molar refractivity (Wildman–Crippen MR) is 220 cm³/mol. The molecular formula is C49H32N2O2. The van der Waals surface area contributed by atoms with Gasteiger partial charge in [0.1, 0.15) is 11.2 Å². The number of benzene rings is 9. The molecule has 0 saturated heterocycles. The van der Waals surface area contributed by atoms with Gasteiger partial charge in [-0.1, -0.05) is 127 Å².